The number of aliphatic hydroxyl groups is 7. The zero-order chi connectivity index (χ0) is 35.5. The maximum atomic E-state index is 12.4. The van der Waals surface area contributed by atoms with Gasteiger partial charge in [0.2, 0.25) is 0 Å². The van der Waals surface area contributed by atoms with Crippen molar-refractivity contribution in [3.8, 4) is 0 Å². The maximum absolute atomic E-state index is 12.4. The molecule has 15 heteroatoms. The molecule has 11 unspecified atom stereocenters. The molecule has 2 aliphatic rings. The number of hydrogen-bond acceptors (Lipinski definition) is 15. The Morgan fingerprint density at radius 2 is 1.23 bits per heavy atom. The summed E-state index contributed by atoms with van der Waals surface area (Å²) in [7, 11) is 0. The van der Waals surface area contributed by atoms with Crippen molar-refractivity contribution in [3.05, 3.63) is 12.2 Å². The lowest BCUT2D eigenvalue weighted by Crippen LogP contribution is -2.61. The van der Waals surface area contributed by atoms with Crippen LogP contribution >= 0.6 is 0 Å². The molecule has 2 aliphatic heterocycles. The molecule has 2 saturated heterocycles. The van der Waals surface area contributed by atoms with Gasteiger partial charge in [-0.3, -0.25) is 9.59 Å². The van der Waals surface area contributed by atoms with E-state index in [0.29, 0.717) is 6.42 Å². The molecular weight excluding hydrogens is 636 g/mol. The summed E-state index contributed by atoms with van der Waals surface area (Å²) < 4.78 is 32.8. The molecule has 48 heavy (non-hydrogen) atoms. The zero-order valence-electron chi connectivity index (χ0n) is 28.2. The summed E-state index contributed by atoms with van der Waals surface area (Å²) in [5, 5.41) is 71.0. The van der Waals surface area contributed by atoms with Gasteiger partial charge in [0, 0.05) is 6.42 Å². The van der Waals surface area contributed by atoms with Crippen LogP contribution in [-0.2, 0) is 38.0 Å². The molecule has 0 aromatic carbocycles. The topological polar surface area (TPSA) is 231 Å². The van der Waals surface area contributed by atoms with E-state index in [2.05, 4.69) is 6.92 Å². The van der Waals surface area contributed by atoms with Crippen molar-refractivity contribution in [1.82, 2.24) is 0 Å². The molecule has 15 nitrogen and oxygen atoms in total. The summed E-state index contributed by atoms with van der Waals surface area (Å²) in [6.07, 6.45) is -2.70. The van der Waals surface area contributed by atoms with Crippen molar-refractivity contribution in [2.45, 2.75) is 158 Å². The number of unbranched alkanes of at least 4 members (excludes halogenated alkanes) is 8. The molecule has 2 fully saturated rings. The Bertz CT molecular complexity index is 917. The van der Waals surface area contributed by atoms with Gasteiger partial charge < -0.3 is 64.2 Å². The number of carbonyl (C=O) groups is 2. The van der Waals surface area contributed by atoms with Crippen LogP contribution in [0.3, 0.4) is 0 Å². The van der Waals surface area contributed by atoms with Gasteiger partial charge in [-0.25, -0.2) is 0 Å². The van der Waals surface area contributed by atoms with E-state index in [9.17, 15) is 45.3 Å². The molecule has 0 amide bonds. The molecule has 11 atom stereocenters. The van der Waals surface area contributed by atoms with Crippen molar-refractivity contribution in [2.75, 3.05) is 26.4 Å². The van der Waals surface area contributed by atoms with Crippen molar-refractivity contribution >= 4 is 11.9 Å². The quantitative estimate of drug-likeness (QED) is 0.0435. The Morgan fingerprint density at radius 3 is 1.83 bits per heavy atom. The van der Waals surface area contributed by atoms with Gasteiger partial charge in [0.05, 0.1) is 26.2 Å². The van der Waals surface area contributed by atoms with Gasteiger partial charge in [-0.2, -0.15) is 0 Å². The van der Waals surface area contributed by atoms with Crippen molar-refractivity contribution < 1.29 is 73.8 Å². The Kier molecular flexibility index (Phi) is 20.9. The second-order valence-corrected chi connectivity index (χ2v) is 12.3. The van der Waals surface area contributed by atoms with Gasteiger partial charge in [0.15, 0.2) is 18.7 Å². The molecule has 0 aromatic rings. The lowest BCUT2D eigenvalue weighted by molar-refractivity contribution is -0.332. The van der Waals surface area contributed by atoms with E-state index in [0.717, 1.165) is 25.7 Å². The predicted octanol–water partition coefficient (Wildman–Crippen LogP) is 0.359. The van der Waals surface area contributed by atoms with Crippen molar-refractivity contribution in [1.29, 1.82) is 0 Å². The number of ether oxygens (including phenoxy) is 6. The number of aliphatic hydroxyl groups excluding tert-OH is 7. The minimum atomic E-state index is -1.76. The standard InChI is InChI=1S/C33H58O15/c1-3-5-7-8-9-10-11-12-14-15-24(35)43-18-21(46-25(36)16-13-6-4-2)19-44-32-31(42)29(40)27(38)23(48-32)20-45-33-30(41)28(39)26(37)22(17-34)47-33/h6,13,21-23,26-34,37-42H,3-5,7-12,14-20H2,1-2H3/b13-6+. The van der Waals surface area contributed by atoms with Crippen molar-refractivity contribution in [3.63, 3.8) is 0 Å². The Balaban J connectivity index is 1.91. The highest BCUT2D eigenvalue weighted by Crippen LogP contribution is 2.26. The Hall–Kier alpha value is -1.76. The number of carbonyl (C=O) groups excluding carboxylic acids is 2. The molecule has 0 saturated carbocycles. The monoisotopic (exact) mass is 694 g/mol. The third-order valence-electron chi connectivity index (χ3n) is 8.29. The second-order valence-electron chi connectivity index (χ2n) is 12.3. The van der Waals surface area contributed by atoms with Crippen LogP contribution in [0.1, 0.15) is 90.9 Å². The Morgan fingerprint density at radius 1 is 0.667 bits per heavy atom. The largest absolute Gasteiger partial charge is 0.462 e. The Labute approximate surface area is 282 Å². The fourth-order valence-corrected chi connectivity index (χ4v) is 5.32. The molecule has 0 bridgehead atoms. The summed E-state index contributed by atoms with van der Waals surface area (Å²) >= 11 is 0. The predicted molar refractivity (Wildman–Crippen MR) is 169 cm³/mol. The van der Waals surface area contributed by atoms with Crippen molar-refractivity contribution in [2.24, 2.45) is 0 Å². The SMILES string of the molecule is CC/C=C/CC(=O)OC(COC(=O)CCCCCCCCCCC)COC1OC(COC2OC(CO)C(O)C(O)C2O)C(O)C(O)C1O. The molecule has 0 spiro atoms. The van der Waals surface area contributed by atoms with E-state index >= 15 is 0 Å². The first kappa shape index (κ1) is 42.4. The van der Waals surface area contributed by atoms with E-state index in [4.69, 9.17) is 28.4 Å². The molecule has 2 heterocycles. The normalized spacial score (nSPS) is 31.5. The molecule has 0 aliphatic carbocycles. The van der Waals surface area contributed by atoms with Crippen LogP contribution in [0.4, 0.5) is 0 Å². The summed E-state index contributed by atoms with van der Waals surface area (Å²) in [6.45, 7) is 2.16. The van der Waals surface area contributed by atoms with E-state index in [1.54, 1.807) is 12.2 Å². The molecular formula is C33H58O15. The first-order valence-electron chi connectivity index (χ1n) is 17.3. The molecule has 280 valence electrons. The molecule has 2 rings (SSSR count). The highest BCUT2D eigenvalue weighted by atomic mass is 16.7. The van der Waals surface area contributed by atoms with E-state index < -0.39 is 99.3 Å². The fraction of sp³-hybridized carbons (Fsp3) is 0.879. The summed E-state index contributed by atoms with van der Waals surface area (Å²) in [5.41, 5.74) is 0. The number of hydrogen-bond donors (Lipinski definition) is 7. The van der Waals surface area contributed by atoms with E-state index in [-0.39, 0.29) is 19.4 Å². The molecule has 7 N–H and O–H groups in total. The lowest BCUT2D eigenvalue weighted by Gasteiger charge is -2.42. The smallest absolute Gasteiger partial charge is 0.310 e. The zero-order valence-corrected chi connectivity index (χ0v) is 28.2. The van der Waals surface area contributed by atoms with Gasteiger partial charge in [-0.1, -0.05) is 77.4 Å². The van der Waals surface area contributed by atoms with Crippen LogP contribution in [0.25, 0.3) is 0 Å². The van der Waals surface area contributed by atoms with Crippen LogP contribution in [0.5, 0.6) is 0 Å². The number of esters is 2. The van der Waals surface area contributed by atoms with Gasteiger partial charge in [-0.15, -0.1) is 0 Å². The van der Waals surface area contributed by atoms with Crippen LogP contribution in [-0.4, -0.2) is 142 Å². The number of allylic oxidation sites excluding steroid dienone is 1. The average Bonchev–Trinajstić information content (AvgIpc) is 3.07. The first-order valence-corrected chi connectivity index (χ1v) is 17.3. The van der Waals surface area contributed by atoms with Crippen LogP contribution in [0.2, 0.25) is 0 Å². The third kappa shape index (κ3) is 14.6. The summed E-state index contributed by atoms with van der Waals surface area (Å²) in [4.78, 5) is 24.8. The second kappa shape index (κ2) is 23.6. The highest BCUT2D eigenvalue weighted by Gasteiger charge is 2.47. The van der Waals surface area contributed by atoms with Gasteiger partial charge in [0.1, 0.15) is 55.4 Å². The summed E-state index contributed by atoms with van der Waals surface area (Å²) in [5.74, 6) is -1.06. The maximum Gasteiger partial charge on any atom is 0.310 e. The summed E-state index contributed by atoms with van der Waals surface area (Å²) in [6, 6.07) is 0. The first-order chi connectivity index (χ1) is 23.0. The van der Waals surface area contributed by atoms with Gasteiger partial charge in [-0.05, 0) is 12.8 Å². The number of rotatable bonds is 23. The fourth-order valence-electron chi connectivity index (χ4n) is 5.32. The van der Waals surface area contributed by atoms with Crippen LogP contribution in [0.15, 0.2) is 12.2 Å². The molecule has 0 radical (unpaired) electrons. The minimum Gasteiger partial charge on any atom is -0.462 e. The molecule has 0 aromatic heterocycles. The highest BCUT2D eigenvalue weighted by molar-refractivity contribution is 5.71. The minimum absolute atomic E-state index is 0.0262. The van der Waals surface area contributed by atoms with Gasteiger partial charge >= 0.3 is 11.9 Å². The lowest BCUT2D eigenvalue weighted by atomic mass is 9.98. The van der Waals surface area contributed by atoms with Crippen LogP contribution < -0.4 is 0 Å². The van der Waals surface area contributed by atoms with E-state index in [1.165, 1.54) is 32.1 Å². The van der Waals surface area contributed by atoms with E-state index in [1.807, 2.05) is 6.92 Å². The van der Waals surface area contributed by atoms with Crippen LogP contribution in [0, 0.1) is 0 Å². The average molecular weight is 695 g/mol. The van der Waals surface area contributed by atoms with Gasteiger partial charge in [0.25, 0.3) is 0 Å². The third-order valence-corrected chi connectivity index (χ3v) is 8.29.